The third-order valence-electron chi connectivity index (χ3n) is 4.68. The molecular weight excluding hydrogens is 397 g/mol. The SMILES string of the molecule is O=C(CNc1ccc(C(=O)N2CCCCCC2)cc1)Nc1ccc(Cl)cc1Cl. The van der Waals surface area contributed by atoms with Crippen molar-refractivity contribution in [1.29, 1.82) is 0 Å². The van der Waals surface area contributed by atoms with Gasteiger partial charge in [0.2, 0.25) is 5.91 Å². The summed E-state index contributed by atoms with van der Waals surface area (Å²) in [5.74, 6) is -0.155. The molecule has 0 spiro atoms. The Balaban J connectivity index is 1.52. The molecule has 7 heteroatoms. The molecule has 1 fully saturated rings. The van der Waals surface area contributed by atoms with Crippen molar-refractivity contribution in [3.05, 3.63) is 58.1 Å². The van der Waals surface area contributed by atoms with Crippen molar-refractivity contribution >= 4 is 46.4 Å². The molecule has 1 saturated heterocycles. The van der Waals surface area contributed by atoms with Crippen LogP contribution in [0.3, 0.4) is 0 Å². The van der Waals surface area contributed by atoms with Crippen LogP contribution >= 0.6 is 23.2 Å². The zero-order valence-electron chi connectivity index (χ0n) is 15.5. The number of nitrogens with zero attached hydrogens (tertiary/aromatic N) is 1. The van der Waals surface area contributed by atoms with Crippen LogP contribution in [0.1, 0.15) is 36.0 Å². The quantitative estimate of drug-likeness (QED) is 0.711. The van der Waals surface area contributed by atoms with Crippen LogP contribution in [0.5, 0.6) is 0 Å². The summed E-state index contributed by atoms with van der Waals surface area (Å²) in [6.45, 7) is 1.73. The minimum atomic E-state index is -0.228. The zero-order valence-corrected chi connectivity index (χ0v) is 17.0. The van der Waals surface area contributed by atoms with Crippen LogP contribution in [-0.4, -0.2) is 36.3 Å². The van der Waals surface area contributed by atoms with Crippen LogP contribution in [0.15, 0.2) is 42.5 Å². The molecule has 1 aliphatic heterocycles. The second kappa shape index (κ2) is 9.80. The normalized spacial score (nSPS) is 14.3. The molecule has 0 radical (unpaired) electrons. The number of anilines is 2. The van der Waals surface area contributed by atoms with Crippen LogP contribution in [0, 0.1) is 0 Å². The largest absolute Gasteiger partial charge is 0.376 e. The summed E-state index contributed by atoms with van der Waals surface area (Å²) < 4.78 is 0. The van der Waals surface area contributed by atoms with E-state index in [0.29, 0.717) is 21.3 Å². The Morgan fingerprint density at radius 1 is 0.929 bits per heavy atom. The Labute approximate surface area is 175 Å². The highest BCUT2D eigenvalue weighted by atomic mass is 35.5. The number of rotatable bonds is 5. The number of hydrogen-bond donors (Lipinski definition) is 2. The fourth-order valence-electron chi connectivity index (χ4n) is 3.15. The molecule has 2 aromatic carbocycles. The third kappa shape index (κ3) is 5.63. The lowest BCUT2D eigenvalue weighted by atomic mass is 10.1. The van der Waals surface area contributed by atoms with E-state index >= 15 is 0 Å². The fraction of sp³-hybridized carbons (Fsp3) is 0.333. The Hall–Kier alpha value is -2.24. The Morgan fingerprint density at radius 2 is 1.61 bits per heavy atom. The van der Waals surface area contributed by atoms with E-state index in [1.54, 1.807) is 30.3 Å². The number of carbonyl (C=O) groups excluding carboxylic acids is 2. The van der Waals surface area contributed by atoms with Crippen LogP contribution in [0.25, 0.3) is 0 Å². The van der Waals surface area contributed by atoms with Crippen molar-refractivity contribution in [3.63, 3.8) is 0 Å². The number of hydrogen-bond acceptors (Lipinski definition) is 3. The van der Waals surface area contributed by atoms with Gasteiger partial charge in [0.1, 0.15) is 0 Å². The number of halogens is 2. The standard InChI is InChI=1S/C21H23Cl2N3O2/c22-16-7-10-19(18(23)13-16)25-20(27)14-24-17-8-5-15(6-9-17)21(28)26-11-3-1-2-4-12-26/h5-10,13,24H,1-4,11-12,14H2,(H,25,27). The molecule has 0 unspecified atom stereocenters. The average Bonchev–Trinajstić information content (AvgIpc) is 2.98. The Bertz CT molecular complexity index is 832. The van der Waals surface area contributed by atoms with E-state index < -0.39 is 0 Å². The molecule has 0 aromatic heterocycles. The Morgan fingerprint density at radius 3 is 2.25 bits per heavy atom. The smallest absolute Gasteiger partial charge is 0.253 e. The van der Waals surface area contributed by atoms with Gasteiger partial charge in [-0.2, -0.15) is 0 Å². The summed E-state index contributed by atoms with van der Waals surface area (Å²) >= 11 is 11.9. The zero-order chi connectivity index (χ0) is 19.9. The topological polar surface area (TPSA) is 61.4 Å². The first-order valence-electron chi connectivity index (χ1n) is 9.41. The number of likely N-dealkylation sites (tertiary alicyclic amines) is 1. The molecule has 3 rings (SSSR count). The highest BCUT2D eigenvalue weighted by Gasteiger charge is 2.17. The lowest BCUT2D eigenvalue weighted by Gasteiger charge is -2.20. The van der Waals surface area contributed by atoms with Gasteiger partial charge in [-0.15, -0.1) is 0 Å². The van der Waals surface area contributed by atoms with E-state index in [9.17, 15) is 9.59 Å². The van der Waals surface area contributed by atoms with E-state index in [1.165, 1.54) is 12.8 Å². The predicted molar refractivity (Wildman–Crippen MR) is 114 cm³/mol. The first-order valence-corrected chi connectivity index (χ1v) is 10.2. The maximum absolute atomic E-state index is 12.6. The molecule has 1 aliphatic rings. The summed E-state index contributed by atoms with van der Waals surface area (Å²) in [6.07, 6.45) is 4.52. The summed E-state index contributed by atoms with van der Waals surface area (Å²) in [7, 11) is 0. The summed E-state index contributed by atoms with van der Waals surface area (Å²) in [4.78, 5) is 26.6. The van der Waals surface area contributed by atoms with Gasteiger partial charge < -0.3 is 15.5 Å². The van der Waals surface area contributed by atoms with E-state index in [2.05, 4.69) is 10.6 Å². The molecule has 0 atom stereocenters. The molecule has 2 amide bonds. The van der Waals surface area contributed by atoms with Gasteiger partial charge in [-0.1, -0.05) is 36.0 Å². The van der Waals surface area contributed by atoms with Gasteiger partial charge in [-0.3, -0.25) is 9.59 Å². The first kappa shape index (κ1) is 20.5. The highest BCUT2D eigenvalue weighted by molar-refractivity contribution is 6.36. The minimum absolute atomic E-state index is 0.0728. The Kier molecular flexibility index (Phi) is 7.18. The second-order valence-corrected chi connectivity index (χ2v) is 7.65. The highest BCUT2D eigenvalue weighted by Crippen LogP contribution is 2.25. The molecule has 5 nitrogen and oxygen atoms in total. The van der Waals surface area contributed by atoms with E-state index in [0.717, 1.165) is 31.6 Å². The van der Waals surface area contributed by atoms with Crippen molar-refractivity contribution in [2.45, 2.75) is 25.7 Å². The van der Waals surface area contributed by atoms with Gasteiger partial charge in [0.25, 0.3) is 5.91 Å². The molecular formula is C21H23Cl2N3O2. The number of nitrogens with one attached hydrogen (secondary N) is 2. The molecule has 2 N–H and O–H groups in total. The fourth-order valence-corrected chi connectivity index (χ4v) is 3.61. The minimum Gasteiger partial charge on any atom is -0.376 e. The number of amides is 2. The van der Waals surface area contributed by atoms with Gasteiger partial charge in [0.05, 0.1) is 17.3 Å². The lowest BCUT2D eigenvalue weighted by Crippen LogP contribution is -2.31. The predicted octanol–water partition coefficient (Wildman–Crippen LogP) is 5.06. The third-order valence-corrected chi connectivity index (χ3v) is 5.23. The van der Waals surface area contributed by atoms with Crippen molar-refractivity contribution in [2.24, 2.45) is 0 Å². The number of carbonyl (C=O) groups is 2. The van der Waals surface area contributed by atoms with Crippen LogP contribution in [-0.2, 0) is 4.79 Å². The van der Waals surface area contributed by atoms with Crippen molar-refractivity contribution in [1.82, 2.24) is 4.90 Å². The van der Waals surface area contributed by atoms with Gasteiger partial charge in [0.15, 0.2) is 0 Å². The van der Waals surface area contributed by atoms with E-state index in [4.69, 9.17) is 23.2 Å². The average molecular weight is 420 g/mol. The van der Waals surface area contributed by atoms with Crippen molar-refractivity contribution < 1.29 is 9.59 Å². The molecule has 0 saturated carbocycles. The van der Waals surface area contributed by atoms with Crippen molar-refractivity contribution in [3.8, 4) is 0 Å². The molecule has 2 aromatic rings. The first-order chi connectivity index (χ1) is 13.5. The summed E-state index contributed by atoms with van der Waals surface area (Å²) in [6, 6.07) is 12.1. The summed E-state index contributed by atoms with van der Waals surface area (Å²) in [5.41, 5.74) is 1.95. The van der Waals surface area contributed by atoms with Crippen molar-refractivity contribution in [2.75, 3.05) is 30.3 Å². The van der Waals surface area contributed by atoms with Gasteiger partial charge in [-0.25, -0.2) is 0 Å². The van der Waals surface area contributed by atoms with Gasteiger partial charge in [-0.05, 0) is 55.3 Å². The molecule has 1 heterocycles. The second-order valence-electron chi connectivity index (χ2n) is 6.81. The maximum atomic E-state index is 12.6. The summed E-state index contributed by atoms with van der Waals surface area (Å²) in [5, 5.41) is 6.67. The van der Waals surface area contributed by atoms with Gasteiger partial charge in [0, 0.05) is 29.4 Å². The maximum Gasteiger partial charge on any atom is 0.253 e. The molecule has 28 heavy (non-hydrogen) atoms. The van der Waals surface area contributed by atoms with Crippen LogP contribution in [0.4, 0.5) is 11.4 Å². The lowest BCUT2D eigenvalue weighted by molar-refractivity contribution is -0.114. The monoisotopic (exact) mass is 419 g/mol. The van der Waals surface area contributed by atoms with Crippen LogP contribution < -0.4 is 10.6 Å². The molecule has 0 aliphatic carbocycles. The van der Waals surface area contributed by atoms with E-state index in [-0.39, 0.29) is 18.4 Å². The van der Waals surface area contributed by atoms with E-state index in [1.807, 2.05) is 17.0 Å². The molecule has 0 bridgehead atoms. The van der Waals surface area contributed by atoms with Crippen LogP contribution in [0.2, 0.25) is 10.0 Å². The number of benzene rings is 2. The molecule has 148 valence electrons. The van der Waals surface area contributed by atoms with Gasteiger partial charge >= 0.3 is 0 Å².